The first kappa shape index (κ1) is 20.2. The maximum atomic E-state index is 10.5. The number of hydrogen-bond acceptors (Lipinski definition) is 4. The molecular formula is C21H31N5O2. The molecule has 0 amide bonds. The van der Waals surface area contributed by atoms with Crippen LogP contribution >= 0.6 is 0 Å². The molecule has 1 saturated heterocycles. The molecule has 0 radical (unpaired) electrons. The summed E-state index contributed by atoms with van der Waals surface area (Å²) in [5.41, 5.74) is 2.10. The van der Waals surface area contributed by atoms with E-state index in [-0.39, 0.29) is 0 Å². The number of aryl methyl sites for hydroxylation is 1. The summed E-state index contributed by atoms with van der Waals surface area (Å²) in [6.07, 6.45) is 5.56. The van der Waals surface area contributed by atoms with Crippen LogP contribution in [0.5, 0.6) is 5.75 Å². The number of methoxy groups -OCH3 is 1. The lowest BCUT2D eigenvalue weighted by Crippen LogP contribution is -2.40. The molecule has 2 unspecified atom stereocenters. The van der Waals surface area contributed by atoms with E-state index in [2.05, 4.69) is 28.4 Å². The molecule has 2 atom stereocenters. The second-order valence-electron chi connectivity index (χ2n) is 7.31. The van der Waals surface area contributed by atoms with Crippen molar-refractivity contribution < 1.29 is 9.84 Å². The van der Waals surface area contributed by atoms with E-state index in [4.69, 9.17) is 9.73 Å². The van der Waals surface area contributed by atoms with Crippen LogP contribution in [0.4, 0.5) is 0 Å². The van der Waals surface area contributed by atoms with E-state index in [1.807, 2.05) is 42.2 Å². The van der Waals surface area contributed by atoms with Gasteiger partial charge in [0.2, 0.25) is 0 Å². The second-order valence-corrected chi connectivity index (χ2v) is 7.31. The Kier molecular flexibility index (Phi) is 6.92. The maximum Gasteiger partial charge on any atom is 0.194 e. The van der Waals surface area contributed by atoms with Crippen LogP contribution in [0.15, 0.2) is 41.7 Å². The Morgan fingerprint density at radius 2 is 2.32 bits per heavy atom. The first-order chi connectivity index (χ1) is 13.6. The third kappa shape index (κ3) is 5.25. The van der Waals surface area contributed by atoms with Crippen molar-refractivity contribution in [1.29, 1.82) is 0 Å². The number of aromatic nitrogens is 2. The molecule has 1 aromatic carbocycles. The van der Waals surface area contributed by atoms with E-state index >= 15 is 0 Å². The third-order valence-electron chi connectivity index (χ3n) is 5.10. The molecule has 7 heteroatoms. The molecule has 7 nitrogen and oxygen atoms in total. The van der Waals surface area contributed by atoms with Crippen molar-refractivity contribution in [1.82, 2.24) is 20.0 Å². The van der Waals surface area contributed by atoms with E-state index in [1.165, 1.54) is 5.56 Å². The van der Waals surface area contributed by atoms with Crippen molar-refractivity contribution in [3.05, 3.63) is 47.8 Å². The normalized spacial score (nSPS) is 18.4. The molecule has 2 N–H and O–H groups in total. The number of nitrogens with zero attached hydrogens (tertiary/aromatic N) is 4. The Labute approximate surface area is 167 Å². The SMILES string of the molecule is CCNC(=NCC(O)c1cccc(OC)c1)N1CCC(Cc2cnn(C)c2)C1. The highest BCUT2D eigenvalue weighted by Gasteiger charge is 2.25. The molecule has 0 bridgehead atoms. The first-order valence-corrected chi connectivity index (χ1v) is 9.91. The minimum Gasteiger partial charge on any atom is -0.497 e. The molecule has 1 aliphatic heterocycles. The Bertz CT molecular complexity index is 789. The van der Waals surface area contributed by atoms with Crippen LogP contribution < -0.4 is 10.1 Å². The Hall–Kier alpha value is -2.54. The van der Waals surface area contributed by atoms with Gasteiger partial charge >= 0.3 is 0 Å². The fraction of sp³-hybridized carbons (Fsp3) is 0.524. The summed E-state index contributed by atoms with van der Waals surface area (Å²) >= 11 is 0. The van der Waals surface area contributed by atoms with Gasteiger partial charge in [0.1, 0.15) is 5.75 Å². The molecule has 1 aromatic heterocycles. The van der Waals surface area contributed by atoms with Crippen molar-refractivity contribution in [3.63, 3.8) is 0 Å². The molecule has 0 saturated carbocycles. The topological polar surface area (TPSA) is 74.9 Å². The molecule has 1 aliphatic rings. The first-order valence-electron chi connectivity index (χ1n) is 9.91. The highest BCUT2D eigenvalue weighted by atomic mass is 16.5. The smallest absolute Gasteiger partial charge is 0.194 e. The van der Waals surface area contributed by atoms with Gasteiger partial charge in [-0.1, -0.05) is 12.1 Å². The molecule has 2 heterocycles. The zero-order chi connectivity index (χ0) is 19.9. The second kappa shape index (κ2) is 9.59. The van der Waals surface area contributed by atoms with E-state index < -0.39 is 6.10 Å². The number of guanidine groups is 1. The van der Waals surface area contributed by atoms with Crippen LogP contribution in [0.3, 0.4) is 0 Å². The minimum absolute atomic E-state index is 0.319. The number of nitrogens with one attached hydrogen (secondary N) is 1. The Morgan fingerprint density at radius 3 is 3.04 bits per heavy atom. The van der Waals surface area contributed by atoms with Crippen molar-refractivity contribution in [2.75, 3.05) is 33.3 Å². The average molecular weight is 386 g/mol. The summed E-state index contributed by atoms with van der Waals surface area (Å²) in [5.74, 6) is 2.21. The van der Waals surface area contributed by atoms with Crippen LogP contribution in [0.25, 0.3) is 0 Å². The molecule has 1 fully saturated rings. The minimum atomic E-state index is -0.655. The van der Waals surface area contributed by atoms with Gasteiger partial charge in [0.05, 0.1) is 26.0 Å². The number of aliphatic hydroxyl groups excluding tert-OH is 1. The lowest BCUT2D eigenvalue weighted by molar-refractivity contribution is 0.186. The van der Waals surface area contributed by atoms with Crippen molar-refractivity contribution in [2.24, 2.45) is 18.0 Å². The van der Waals surface area contributed by atoms with Gasteiger partial charge in [-0.05, 0) is 48.9 Å². The monoisotopic (exact) mass is 385 g/mol. The van der Waals surface area contributed by atoms with Crippen LogP contribution in [0.1, 0.15) is 30.6 Å². The molecule has 0 spiro atoms. The lowest BCUT2D eigenvalue weighted by atomic mass is 10.0. The fourth-order valence-corrected chi connectivity index (χ4v) is 3.66. The van der Waals surface area contributed by atoms with Gasteiger partial charge in [0.25, 0.3) is 0 Å². The van der Waals surface area contributed by atoms with E-state index in [9.17, 15) is 5.11 Å². The van der Waals surface area contributed by atoms with Gasteiger partial charge in [-0.2, -0.15) is 5.10 Å². The summed E-state index contributed by atoms with van der Waals surface area (Å²) in [6.45, 7) is 5.14. The predicted molar refractivity (Wildman–Crippen MR) is 111 cm³/mol. The van der Waals surface area contributed by atoms with E-state index in [1.54, 1.807) is 7.11 Å². The van der Waals surface area contributed by atoms with Gasteiger partial charge in [0.15, 0.2) is 5.96 Å². The highest BCUT2D eigenvalue weighted by molar-refractivity contribution is 5.80. The van der Waals surface area contributed by atoms with Crippen molar-refractivity contribution in [2.45, 2.75) is 25.9 Å². The number of benzene rings is 1. The summed E-state index contributed by atoms with van der Waals surface area (Å²) in [6, 6.07) is 7.51. The summed E-state index contributed by atoms with van der Waals surface area (Å²) in [7, 11) is 3.58. The lowest BCUT2D eigenvalue weighted by Gasteiger charge is -2.22. The van der Waals surface area contributed by atoms with Crippen LogP contribution in [0, 0.1) is 5.92 Å². The van der Waals surface area contributed by atoms with E-state index in [0.29, 0.717) is 12.5 Å². The molecule has 0 aliphatic carbocycles. The molecular weight excluding hydrogens is 354 g/mol. The average Bonchev–Trinajstić information content (AvgIpc) is 3.34. The van der Waals surface area contributed by atoms with Crippen molar-refractivity contribution >= 4 is 5.96 Å². The van der Waals surface area contributed by atoms with Crippen LogP contribution in [-0.4, -0.2) is 59.0 Å². The summed E-state index contributed by atoms with van der Waals surface area (Å²) < 4.78 is 7.09. The van der Waals surface area contributed by atoms with Crippen LogP contribution in [-0.2, 0) is 13.5 Å². The van der Waals surface area contributed by atoms with Gasteiger partial charge in [0, 0.05) is 32.9 Å². The quantitative estimate of drug-likeness (QED) is 0.563. The standard InChI is InChI=1S/C21H31N5O2/c1-4-22-21(23-13-20(27)18-6-5-7-19(11-18)28-3)26-9-8-16(15-26)10-17-12-24-25(2)14-17/h5-7,11-12,14,16,20,27H,4,8-10,13,15H2,1-3H3,(H,22,23). The Morgan fingerprint density at radius 1 is 1.46 bits per heavy atom. The number of aliphatic hydroxyl groups is 1. The van der Waals surface area contributed by atoms with Gasteiger partial charge < -0.3 is 20.1 Å². The van der Waals surface area contributed by atoms with Crippen LogP contribution in [0.2, 0.25) is 0 Å². The number of likely N-dealkylation sites (tertiary alicyclic amines) is 1. The largest absolute Gasteiger partial charge is 0.497 e. The maximum absolute atomic E-state index is 10.5. The molecule has 152 valence electrons. The van der Waals surface area contributed by atoms with Gasteiger partial charge in [-0.15, -0.1) is 0 Å². The number of hydrogen-bond donors (Lipinski definition) is 2. The van der Waals surface area contributed by atoms with Crippen molar-refractivity contribution in [3.8, 4) is 5.75 Å². The predicted octanol–water partition coefficient (Wildman–Crippen LogP) is 1.99. The zero-order valence-electron chi connectivity index (χ0n) is 17.0. The fourth-order valence-electron chi connectivity index (χ4n) is 3.66. The summed E-state index contributed by atoms with van der Waals surface area (Å²) in [4.78, 5) is 6.99. The zero-order valence-corrected chi connectivity index (χ0v) is 17.0. The molecule has 28 heavy (non-hydrogen) atoms. The molecule has 2 aromatic rings. The van der Waals surface area contributed by atoms with E-state index in [0.717, 1.165) is 49.7 Å². The number of aliphatic imine (C=N–C) groups is 1. The molecule has 3 rings (SSSR count). The summed E-state index contributed by atoms with van der Waals surface area (Å²) in [5, 5.41) is 18.2. The Balaban J connectivity index is 1.60. The highest BCUT2D eigenvalue weighted by Crippen LogP contribution is 2.22. The third-order valence-corrected chi connectivity index (χ3v) is 5.10. The number of ether oxygens (including phenoxy) is 1. The number of rotatable bonds is 7. The van der Waals surface area contributed by atoms with Gasteiger partial charge in [-0.25, -0.2) is 0 Å². The van der Waals surface area contributed by atoms with Gasteiger partial charge in [-0.3, -0.25) is 9.67 Å².